The van der Waals surface area contributed by atoms with Gasteiger partial charge in [0.05, 0.1) is 12.5 Å². The van der Waals surface area contributed by atoms with Gasteiger partial charge < -0.3 is 9.73 Å². The summed E-state index contributed by atoms with van der Waals surface area (Å²) in [5.41, 5.74) is 0. The van der Waals surface area contributed by atoms with Crippen molar-refractivity contribution in [3.63, 3.8) is 0 Å². The number of amides is 1. The van der Waals surface area contributed by atoms with Crippen LogP contribution in [0, 0.1) is 12.8 Å². The van der Waals surface area contributed by atoms with Crippen LogP contribution in [0.4, 0.5) is 0 Å². The SMILES string of the molecule is Cc1nnc(CN2CCC(N3CCC[C@@H](C(=O)NC4CC4)C3)CC2)o1. The van der Waals surface area contributed by atoms with Crippen molar-refractivity contribution in [3.8, 4) is 0 Å². The van der Waals surface area contributed by atoms with Gasteiger partial charge in [-0.3, -0.25) is 14.6 Å². The van der Waals surface area contributed by atoms with Crippen molar-refractivity contribution in [2.75, 3.05) is 26.2 Å². The second kappa shape index (κ2) is 7.41. The average molecular weight is 347 g/mol. The quantitative estimate of drug-likeness (QED) is 0.866. The second-order valence-electron chi connectivity index (χ2n) is 7.84. The molecule has 1 atom stereocenters. The number of likely N-dealkylation sites (tertiary alicyclic amines) is 2. The highest BCUT2D eigenvalue weighted by molar-refractivity contribution is 5.79. The minimum Gasteiger partial charge on any atom is -0.424 e. The Labute approximate surface area is 149 Å². The number of nitrogens with one attached hydrogen (secondary N) is 1. The molecule has 1 aromatic heterocycles. The summed E-state index contributed by atoms with van der Waals surface area (Å²) >= 11 is 0. The predicted molar refractivity (Wildman–Crippen MR) is 92.8 cm³/mol. The molecule has 2 saturated heterocycles. The Kier molecular flexibility index (Phi) is 5.03. The van der Waals surface area contributed by atoms with Crippen molar-refractivity contribution in [2.24, 2.45) is 5.92 Å². The first kappa shape index (κ1) is 17.0. The summed E-state index contributed by atoms with van der Waals surface area (Å²) in [6.07, 6.45) is 6.84. The molecule has 0 bridgehead atoms. The van der Waals surface area contributed by atoms with Crippen LogP contribution in [0.5, 0.6) is 0 Å². The van der Waals surface area contributed by atoms with Gasteiger partial charge in [0.15, 0.2) is 0 Å². The van der Waals surface area contributed by atoms with Crippen LogP contribution < -0.4 is 5.32 Å². The van der Waals surface area contributed by atoms with Crippen molar-refractivity contribution < 1.29 is 9.21 Å². The molecule has 2 aliphatic heterocycles. The number of piperidine rings is 2. The van der Waals surface area contributed by atoms with Crippen molar-refractivity contribution in [2.45, 2.75) is 64.1 Å². The molecule has 0 spiro atoms. The topological polar surface area (TPSA) is 74.5 Å². The maximum atomic E-state index is 12.4. The van der Waals surface area contributed by atoms with E-state index >= 15 is 0 Å². The summed E-state index contributed by atoms with van der Waals surface area (Å²) in [7, 11) is 0. The normalized spacial score (nSPS) is 26.7. The van der Waals surface area contributed by atoms with Crippen LogP contribution in [0.2, 0.25) is 0 Å². The molecule has 1 saturated carbocycles. The van der Waals surface area contributed by atoms with Crippen molar-refractivity contribution >= 4 is 5.91 Å². The van der Waals surface area contributed by atoms with Gasteiger partial charge in [-0.1, -0.05) is 0 Å². The Hall–Kier alpha value is -1.47. The van der Waals surface area contributed by atoms with Crippen LogP contribution in [0.25, 0.3) is 0 Å². The van der Waals surface area contributed by atoms with E-state index in [4.69, 9.17) is 4.42 Å². The third-order valence-corrected chi connectivity index (χ3v) is 5.75. The molecular weight excluding hydrogens is 318 g/mol. The molecule has 1 amide bonds. The lowest BCUT2D eigenvalue weighted by molar-refractivity contribution is -0.127. The molecule has 0 aromatic carbocycles. The lowest BCUT2D eigenvalue weighted by Gasteiger charge is -2.41. The Morgan fingerprint density at radius 2 is 1.96 bits per heavy atom. The van der Waals surface area contributed by atoms with Crippen LogP contribution in [-0.2, 0) is 11.3 Å². The highest BCUT2D eigenvalue weighted by atomic mass is 16.4. The van der Waals surface area contributed by atoms with Crippen molar-refractivity contribution in [1.29, 1.82) is 0 Å². The van der Waals surface area contributed by atoms with E-state index in [9.17, 15) is 4.79 Å². The first-order chi connectivity index (χ1) is 12.2. The van der Waals surface area contributed by atoms with Crippen LogP contribution in [0.15, 0.2) is 4.42 Å². The Morgan fingerprint density at radius 3 is 2.64 bits per heavy atom. The lowest BCUT2D eigenvalue weighted by atomic mass is 9.93. The Morgan fingerprint density at radius 1 is 1.16 bits per heavy atom. The molecule has 25 heavy (non-hydrogen) atoms. The minimum atomic E-state index is 0.189. The zero-order valence-electron chi connectivity index (χ0n) is 15.1. The number of nitrogens with zero attached hydrogens (tertiary/aromatic N) is 4. The molecule has 4 rings (SSSR count). The third kappa shape index (κ3) is 4.39. The van der Waals surface area contributed by atoms with E-state index < -0.39 is 0 Å². The molecule has 1 N–H and O–H groups in total. The van der Waals surface area contributed by atoms with Gasteiger partial charge in [-0.15, -0.1) is 10.2 Å². The van der Waals surface area contributed by atoms with Crippen molar-refractivity contribution in [1.82, 2.24) is 25.3 Å². The smallest absolute Gasteiger partial charge is 0.230 e. The number of hydrogen-bond acceptors (Lipinski definition) is 6. The number of carbonyl (C=O) groups excluding carboxylic acids is 1. The molecule has 3 fully saturated rings. The minimum absolute atomic E-state index is 0.189. The molecule has 7 heteroatoms. The number of carbonyl (C=O) groups is 1. The molecule has 1 aromatic rings. The average Bonchev–Trinajstić information content (AvgIpc) is 3.35. The molecule has 138 valence electrons. The fourth-order valence-electron chi connectivity index (χ4n) is 4.13. The first-order valence-electron chi connectivity index (χ1n) is 9.73. The van der Waals surface area contributed by atoms with Crippen LogP contribution in [-0.4, -0.2) is 64.2 Å². The van der Waals surface area contributed by atoms with Gasteiger partial charge in [-0.05, 0) is 45.1 Å². The maximum absolute atomic E-state index is 12.4. The molecule has 7 nitrogen and oxygen atoms in total. The van der Waals surface area contributed by atoms with Gasteiger partial charge in [-0.2, -0.15) is 0 Å². The lowest BCUT2D eigenvalue weighted by Crippen LogP contribution is -2.50. The number of hydrogen-bond donors (Lipinski definition) is 1. The molecule has 1 aliphatic carbocycles. The third-order valence-electron chi connectivity index (χ3n) is 5.75. The molecular formula is C18H29N5O2. The summed E-state index contributed by atoms with van der Waals surface area (Å²) in [5, 5.41) is 11.2. The van der Waals surface area contributed by atoms with E-state index in [0.717, 1.165) is 58.4 Å². The van der Waals surface area contributed by atoms with E-state index in [1.165, 1.54) is 12.8 Å². The van der Waals surface area contributed by atoms with Gasteiger partial charge in [-0.25, -0.2) is 0 Å². The van der Waals surface area contributed by atoms with E-state index in [0.29, 0.717) is 23.9 Å². The number of aryl methyl sites for hydroxylation is 1. The fourth-order valence-corrected chi connectivity index (χ4v) is 4.13. The fraction of sp³-hybridized carbons (Fsp3) is 0.833. The summed E-state index contributed by atoms with van der Waals surface area (Å²) < 4.78 is 5.49. The maximum Gasteiger partial charge on any atom is 0.230 e. The number of rotatable bonds is 5. The Balaban J connectivity index is 1.24. The van der Waals surface area contributed by atoms with Gasteiger partial charge in [0.25, 0.3) is 0 Å². The molecule has 0 unspecified atom stereocenters. The van der Waals surface area contributed by atoms with Gasteiger partial charge >= 0.3 is 0 Å². The van der Waals surface area contributed by atoms with Crippen LogP contribution in [0.1, 0.15) is 50.3 Å². The van der Waals surface area contributed by atoms with Crippen LogP contribution >= 0.6 is 0 Å². The highest BCUT2D eigenvalue weighted by Crippen LogP contribution is 2.26. The van der Waals surface area contributed by atoms with E-state index in [1.54, 1.807) is 0 Å². The summed E-state index contributed by atoms with van der Waals surface area (Å²) in [6, 6.07) is 1.08. The van der Waals surface area contributed by atoms with Crippen LogP contribution in [0.3, 0.4) is 0 Å². The standard InChI is InChI=1S/C18H29N5O2/c1-13-20-21-17(25-13)12-22-9-6-16(7-10-22)23-8-2-3-14(11-23)18(24)19-15-4-5-15/h14-16H,2-12H2,1H3,(H,19,24)/t14-/m1/s1. The second-order valence-corrected chi connectivity index (χ2v) is 7.84. The zero-order valence-corrected chi connectivity index (χ0v) is 15.1. The first-order valence-corrected chi connectivity index (χ1v) is 9.73. The largest absolute Gasteiger partial charge is 0.424 e. The summed E-state index contributed by atoms with van der Waals surface area (Å²) in [4.78, 5) is 17.3. The van der Waals surface area contributed by atoms with E-state index in [2.05, 4.69) is 25.3 Å². The summed E-state index contributed by atoms with van der Waals surface area (Å²) in [5.74, 6) is 1.82. The Bertz CT molecular complexity index is 592. The zero-order chi connectivity index (χ0) is 17.2. The van der Waals surface area contributed by atoms with Gasteiger partial charge in [0.1, 0.15) is 0 Å². The molecule has 0 radical (unpaired) electrons. The van der Waals surface area contributed by atoms with Crippen molar-refractivity contribution in [3.05, 3.63) is 11.8 Å². The molecule has 3 heterocycles. The van der Waals surface area contributed by atoms with E-state index in [-0.39, 0.29) is 11.8 Å². The van der Waals surface area contributed by atoms with Gasteiger partial charge in [0.2, 0.25) is 17.7 Å². The molecule has 3 aliphatic rings. The van der Waals surface area contributed by atoms with E-state index in [1.807, 2.05) is 6.92 Å². The van der Waals surface area contributed by atoms with Gasteiger partial charge in [0, 0.05) is 38.6 Å². The number of aromatic nitrogens is 2. The summed E-state index contributed by atoms with van der Waals surface area (Å²) in [6.45, 7) is 6.77. The monoisotopic (exact) mass is 347 g/mol. The predicted octanol–water partition coefficient (Wildman–Crippen LogP) is 1.33. The highest BCUT2D eigenvalue weighted by Gasteiger charge is 2.33.